The highest BCUT2D eigenvalue weighted by Crippen LogP contribution is 2.25. The number of carbonyl (C=O) groups is 1. The third kappa shape index (κ3) is 3.95. The molecule has 0 radical (unpaired) electrons. The molecule has 4 aromatic rings. The number of fused-ring (bicyclic) bond motifs is 1. The molecule has 0 unspecified atom stereocenters. The van der Waals surface area contributed by atoms with E-state index in [2.05, 4.69) is 25.4 Å². The van der Waals surface area contributed by atoms with Crippen LogP contribution in [0.3, 0.4) is 0 Å². The van der Waals surface area contributed by atoms with E-state index >= 15 is 0 Å². The largest absolute Gasteiger partial charge is 0.332 e. The molecular weight excluding hydrogens is 442 g/mol. The standard InChI is InChI=1S/C21H25N9O4/c1-11-7-14(31)25-19(23-11)30-13(8-12(26-30)21(2,3)4)24-15(32)9-29-10-22-17-16(29)18(33)28(6)20(34)27(17)5/h7-8,10H,9H2,1-6H3,(H,24,32)(H,23,25,31). The molecule has 0 aliphatic heterocycles. The van der Waals surface area contributed by atoms with E-state index in [4.69, 9.17) is 0 Å². The molecule has 4 aromatic heterocycles. The van der Waals surface area contributed by atoms with Gasteiger partial charge in [0.25, 0.3) is 11.1 Å². The first-order valence-corrected chi connectivity index (χ1v) is 10.5. The van der Waals surface area contributed by atoms with Gasteiger partial charge in [-0.15, -0.1) is 0 Å². The number of anilines is 1. The van der Waals surface area contributed by atoms with Crippen LogP contribution in [-0.2, 0) is 30.8 Å². The third-order valence-corrected chi connectivity index (χ3v) is 5.33. The number of aromatic nitrogens is 8. The summed E-state index contributed by atoms with van der Waals surface area (Å²) in [4.78, 5) is 60.8. The highest BCUT2D eigenvalue weighted by molar-refractivity contribution is 5.91. The molecule has 0 aromatic carbocycles. The molecule has 0 bridgehead atoms. The van der Waals surface area contributed by atoms with Crippen LogP contribution < -0.4 is 22.1 Å². The highest BCUT2D eigenvalue weighted by Gasteiger charge is 2.23. The number of hydrogen-bond donors (Lipinski definition) is 2. The van der Waals surface area contributed by atoms with Gasteiger partial charge in [0.2, 0.25) is 11.9 Å². The smallest absolute Gasteiger partial charge is 0.315 e. The molecule has 4 heterocycles. The first-order valence-electron chi connectivity index (χ1n) is 10.5. The van der Waals surface area contributed by atoms with Gasteiger partial charge in [-0.1, -0.05) is 20.8 Å². The van der Waals surface area contributed by atoms with Crippen LogP contribution in [0.1, 0.15) is 32.2 Å². The van der Waals surface area contributed by atoms with E-state index in [-0.39, 0.29) is 34.6 Å². The summed E-state index contributed by atoms with van der Waals surface area (Å²) in [6, 6.07) is 3.06. The number of nitrogens with one attached hydrogen (secondary N) is 2. The van der Waals surface area contributed by atoms with Crippen molar-refractivity contribution >= 4 is 22.9 Å². The summed E-state index contributed by atoms with van der Waals surface area (Å²) in [6.45, 7) is 7.35. The van der Waals surface area contributed by atoms with Crippen LogP contribution in [0.5, 0.6) is 0 Å². The fraction of sp³-hybridized carbons (Fsp3) is 0.381. The van der Waals surface area contributed by atoms with Crippen LogP contribution in [0.2, 0.25) is 0 Å². The number of hydrogen-bond acceptors (Lipinski definition) is 7. The molecule has 4 rings (SSSR count). The molecular formula is C21H25N9O4. The second-order valence-corrected chi connectivity index (χ2v) is 9.09. The summed E-state index contributed by atoms with van der Waals surface area (Å²) in [7, 11) is 2.87. The number of imidazole rings is 1. The van der Waals surface area contributed by atoms with Crippen LogP contribution in [0.25, 0.3) is 17.1 Å². The second kappa shape index (κ2) is 7.93. The molecule has 0 fully saturated rings. The molecule has 0 spiro atoms. The van der Waals surface area contributed by atoms with Crippen molar-refractivity contribution in [3.63, 3.8) is 0 Å². The average Bonchev–Trinajstić information content (AvgIpc) is 3.34. The number of aromatic amines is 1. The summed E-state index contributed by atoms with van der Waals surface area (Å²) in [5, 5.41) is 7.32. The molecule has 0 aliphatic rings. The zero-order chi connectivity index (χ0) is 24.9. The zero-order valence-corrected chi connectivity index (χ0v) is 19.7. The van der Waals surface area contributed by atoms with Gasteiger partial charge in [0.15, 0.2) is 11.2 Å². The van der Waals surface area contributed by atoms with Gasteiger partial charge < -0.3 is 9.88 Å². The van der Waals surface area contributed by atoms with Gasteiger partial charge >= 0.3 is 5.69 Å². The number of H-pyrrole nitrogens is 1. The molecule has 2 N–H and O–H groups in total. The lowest BCUT2D eigenvalue weighted by Crippen LogP contribution is -2.37. The molecule has 0 saturated carbocycles. The topological polar surface area (TPSA) is 154 Å². The lowest BCUT2D eigenvalue weighted by atomic mass is 9.92. The van der Waals surface area contributed by atoms with Crippen LogP contribution in [0, 0.1) is 6.92 Å². The maximum atomic E-state index is 13.0. The fourth-order valence-electron chi connectivity index (χ4n) is 3.52. The number of nitrogens with zero attached hydrogens (tertiary/aromatic N) is 7. The van der Waals surface area contributed by atoms with E-state index in [1.165, 1.54) is 40.3 Å². The van der Waals surface area contributed by atoms with E-state index in [1.54, 1.807) is 13.0 Å². The summed E-state index contributed by atoms with van der Waals surface area (Å²) in [6.07, 6.45) is 1.34. The molecule has 0 aliphatic carbocycles. The molecule has 13 heteroatoms. The Bertz CT molecular complexity index is 1610. The maximum Gasteiger partial charge on any atom is 0.332 e. The van der Waals surface area contributed by atoms with Crippen LogP contribution >= 0.6 is 0 Å². The minimum absolute atomic E-state index is 0.133. The number of carbonyl (C=O) groups excluding carboxylic acids is 1. The van der Waals surface area contributed by atoms with Gasteiger partial charge in [-0.25, -0.2) is 14.8 Å². The van der Waals surface area contributed by atoms with Crippen LogP contribution in [-0.4, -0.2) is 44.3 Å². The highest BCUT2D eigenvalue weighted by atomic mass is 16.2. The van der Waals surface area contributed by atoms with Gasteiger partial charge in [-0.05, 0) is 6.92 Å². The van der Waals surface area contributed by atoms with E-state index in [9.17, 15) is 19.2 Å². The number of rotatable bonds is 4. The first kappa shape index (κ1) is 22.9. The Morgan fingerprint density at radius 3 is 2.47 bits per heavy atom. The van der Waals surface area contributed by atoms with Crippen LogP contribution in [0.4, 0.5) is 5.82 Å². The molecule has 178 valence electrons. The monoisotopic (exact) mass is 467 g/mol. The first-order chi connectivity index (χ1) is 15.9. The van der Waals surface area contributed by atoms with Gasteiger partial charge in [0, 0.05) is 37.3 Å². The second-order valence-electron chi connectivity index (χ2n) is 9.09. The Morgan fingerprint density at radius 2 is 1.82 bits per heavy atom. The molecule has 0 saturated heterocycles. The number of aryl methyl sites for hydroxylation is 2. The Kier molecular flexibility index (Phi) is 5.34. The normalized spacial score (nSPS) is 11.8. The third-order valence-electron chi connectivity index (χ3n) is 5.33. The van der Waals surface area contributed by atoms with E-state index < -0.39 is 17.2 Å². The van der Waals surface area contributed by atoms with Crippen molar-refractivity contribution in [3.8, 4) is 5.95 Å². The Hall–Kier alpha value is -4.29. The average molecular weight is 467 g/mol. The molecule has 0 atom stereocenters. The van der Waals surface area contributed by atoms with Crippen molar-refractivity contribution in [2.24, 2.45) is 14.1 Å². The Labute approximate surface area is 192 Å². The summed E-state index contributed by atoms with van der Waals surface area (Å²) >= 11 is 0. The van der Waals surface area contributed by atoms with E-state index in [0.717, 1.165) is 4.57 Å². The zero-order valence-electron chi connectivity index (χ0n) is 19.7. The van der Waals surface area contributed by atoms with Gasteiger partial charge in [-0.3, -0.25) is 28.5 Å². The van der Waals surface area contributed by atoms with E-state index in [0.29, 0.717) is 17.2 Å². The lowest BCUT2D eigenvalue weighted by molar-refractivity contribution is -0.116. The fourth-order valence-corrected chi connectivity index (χ4v) is 3.52. The minimum Gasteiger partial charge on any atom is -0.315 e. The SMILES string of the molecule is Cc1cc(=O)[nH]c(-n2nc(C(C)(C)C)cc2NC(=O)Cn2cnc3c2c(=O)n(C)c(=O)n3C)n1. The molecule has 13 nitrogen and oxygen atoms in total. The van der Waals surface area contributed by atoms with Gasteiger partial charge in [-0.2, -0.15) is 9.78 Å². The van der Waals surface area contributed by atoms with Crippen molar-refractivity contribution in [1.29, 1.82) is 0 Å². The summed E-state index contributed by atoms with van der Waals surface area (Å²) < 4.78 is 4.95. The summed E-state index contributed by atoms with van der Waals surface area (Å²) in [5.74, 6) is -0.00652. The predicted molar refractivity (Wildman–Crippen MR) is 124 cm³/mol. The Balaban J connectivity index is 1.73. The van der Waals surface area contributed by atoms with Gasteiger partial charge in [0.05, 0.1) is 12.0 Å². The van der Waals surface area contributed by atoms with Crippen molar-refractivity contribution in [1.82, 2.24) is 38.4 Å². The van der Waals surface area contributed by atoms with E-state index in [1.807, 2.05) is 20.8 Å². The van der Waals surface area contributed by atoms with Crippen molar-refractivity contribution in [2.45, 2.75) is 39.7 Å². The van der Waals surface area contributed by atoms with Crippen molar-refractivity contribution in [3.05, 3.63) is 61.0 Å². The number of amides is 1. The minimum atomic E-state index is -0.551. The molecule has 1 amide bonds. The van der Waals surface area contributed by atoms with Gasteiger partial charge in [0.1, 0.15) is 12.4 Å². The lowest BCUT2D eigenvalue weighted by Gasteiger charge is -2.13. The summed E-state index contributed by atoms with van der Waals surface area (Å²) in [5.41, 5.74) is -0.267. The predicted octanol–water partition coefficient (Wildman–Crippen LogP) is -0.0527. The van der Waals surface area contributed by atoms with Crippen molar-refractivity contribution in [2.75, 3.05) is 5.32 Å². The quantitative estimate of drug-likeness (QED) is 0.426. The van der Waals surface area contributed by atoms with Crippen LogP contribution in [0.15, 0.2) is 32.8 Å². The Morgan fingerprint density at radius 1 is 1.12 bits per heavy atom. The maximum absolute atomic E-state index is 13.0. The van der Waals surface area contributed by atoms with Crippen molar-refractivity contribution < 1.29 is 4.79 Å². The molecule has 34 heavy (non-hydrogen) atoms.